The van der Waals surface area contributed by atoms with Crippen LogP contribution in [0.2, 0.25) is 0 Å². The molecule has 0 aliphatic heterocycles. The van der Waals surface area contributed by atoms with E-state index >= 15 is 0 Å². The molecule has 0 aliphatic rings. The Kier molecular flexibility index (Phi) is 2.83. The van der Waals surface area contributed by atoms with Crippen LogP contribution in [0, 0.1) is 0 Å². The summed E-state index contributed by atoms with van der Waals surface area (Å²) in [6.07, 6.45) is 3.57. The number of rotatable bonds is 3. The first-order chi connectivity index (χ1) is 7.36. The van der Waals surface area contributed by atoms with Crippen LogP contribution in [-0.2, 0) is 6.54 Å². The Morgan fingerprint density at radius 1 is 1.07 bits per heavy atom. The highest BCUT2D eigenvalue weighted by molar-refractivity contribution is 5.65. The molecular formula is C12H13N3. The quantitative estimate of drug-likeness (QED) is 0.745. The zero-order valence-corrected chi connectivity index (χ0v) is 8.35. The van der Waals surface area contributed by atoms with Crippen molar-refractivity contribution in [1.82, 2.24) is 4.98 Å². The predicted octanol–water partition coefficient (Wildman–Crippen LogP) is 2.28. The molecule has 0 saturated heterocycles. The van der Waals surface area contributed by atoms with Crippen LogP contribution in [-0.4, -0.2) is 4.98 Å². The molecule has 2 aromatic rings. The first-order valence-electron chi connectivity index (χ1n) is 4.83. The second-order valence-corrected chi connectivity index (χ2v) is 3.30. The molecule has 0 saturated carbocycles. The van der Waals surface area contributed by atoms with Gasteiger partial charge < -0.3 is 11.1 Å². The summed E-state index contributed by atoms with van der Waals surface area (Å²) < 4.78 is 0. The smallest absolute Gasteiger partial charge is 0.0576 e. The minimum absolute atomic E-state index is 0.761. The van der Waals surface area contributed by atoms with Gasteiger partial charge in [-0.1, -0.05) is 12.1 Å². The number of aromatic nitrogens is 1. The SMILES string of the molecule is Nc1ccccc1NCc1ccncc1. The monoisotopic (exact) mass is 199 g/mol. The zero-order chi connectivity index (χ0) is 10.5. The lowest BCUT2D eigenvalue weighted by molar-refractivity contribution is 1.13. The molecule has 3 nitrogen and oxygen atoms in total. The lowest BCUT2D eigenvalue weighted by Gasteiger charge is -2.08. The fourth-order valence-electron chi connectivity index (χ4n) is 1.36. The van der Waals surface area contributed by atoms with Crippen LogP contribution in [0.3, 0.4) is 0 Å². The van der Waals surface area contributed by atoms with Gasteiger partial charge in [0.25, 0.3) is 0 Å². The third-order valence-electron chi connectivity index (χ3n) is 2.19. The molecule has 0 aliphatic carbocycles. The highest BCUT2D eigenvalue weighted by Gasteiger charge is 1.96. The van der Waals surface area contributed by atoms with E-state index in [-0.39, 0.29) is 0 Å². The Hall–Kier alpha value is -2.03. The van der Waals surface area contributed by atoms with Crippen molar-refractivity contribution in [3.8, 4) is 0 Å². The first kappa shape index (κ1) is 9.52. The molecule has 1 heterocycles. The highest BCUT2D eigenvalue weighted by Crippen LogP contribution is 2.17. The van der Waals surface area contributed by atoms with Crippen molar-refractivity contribution in [2.45, 2.75) is 6.54 Å². The van der Waals surface area contributed by atoms with E-state index in [4.69, 9.17) is 5.73 Å². The number of nitrogen functional groups attached to an aromatic ring is 1. The molecule has 1 aromatic carbocycles. The molecule has 0 amide bonds. The molecule has 2 rings (SSSR count). The summed E-state index contributed by atoms with van der Waals surface area (Å²) in [6.45, 7) is 0.761. The number of para-hydroxylation sites is 2. The Labute approximate surface area is 89.0 Å². The van der Waals surface area contributed by atoms with E-state index in [0.717, 1.165) is 17.9 Å². The minimum atomic E-state index is 0.761. The largest absolute Gasteiger partial charge is 0.397 e. The summed E-state index contributed by atoms with van der Waals surface area (Å²) in [5, 5.41) is 3.28. The summed E-state index contributed by atoms with van der Waals surface area (Å²) in [5.74, 6) is 0. The van der Waals surface area contributed by atoms with Crippen molar-refractivity contribution < 1.29 is 0 Å². The van der Waals surface area contributed by atoms with E-state index in [1.54, 1.807) is 12.4 Å². The standard InChI is InChI=1S/C12H13N3/c13-11-3-1-2-4-12(11)15-9-10-5-7-14-8-6-10/h1-8,15H,9,13H2. The number of nitrogens with zero attached hydrogens (tertiary/aromatic N) is 1. The molecule has 0 fully saturated rings. The molecule has 0 bridgehead atoms. The van der Waals surface area contributed by atoms with E-state index in [1.165, 1.54) is 5.56 Å². The van der Waals surface area contributed by atoms with Crippen molar-refractivity contribution in [3.05, 3.63) is 54.4 Å². The molecule has 0 radical (unpaired) electrons. The lowest BCUT2D eigenvalue weighted by atomic mass is 10.2. The highest BCUT2D eigenvalue weighted by atomic mass is 14.9. The van der Waals surface area contributed by atoms with Gasteiger partial charge in [-0.05, 0) is 29.8 Å². The van der Waals surface area contributed by atoms with Crippen molar-refractivity contribution in [2.75, 3.05) is 11.1 Å². The Morgan fingerprint density at radius 3 is 2.53 bits per heavy atom. The van der Waals surface area contributed by atoms with Gasteiger partial charge in [-0.15, -0.1) is 0 Å². The number of hydrogen-bond donors (Lipinski definition) is 2. The van der Waals surface area contributed by atoms with E-state index in [9.17, 15) is 0 Å². The number of pyridine rings is 1. The van der Waals surface area contributed by atoms with Crippen LogP contribution in [0.4, 0.5) is 11.4 Å². The topological polar surface area (TPSA) is 50.9 Å². The van der Waals surface area contributed by atoms with Gasteiger partial charge in [-0.3, -0.25) is 4.98 Å². The fraction of sp³-hybridized carbons (Fsp3) is 0.0833. The molecule has 15 heavy (non-hydrogen) atoms. The number of nitrogens with one attached hydrogen (secondary N) is 1. The van der Waals surface area contributed by atoms with Crippen LogP contribution in [0.1, 0.15) is 5.56 Å². The molecule has 0 spiro atoms. The third kappa shape index (κ3) is 2.47. The summed E-state index contributed by atoms with van der Waals surface area (Å²) in [7, 11) is 0. The van der Waals surface area contributed by atoms with Crippen LogP contribution in [0.15, 0.2) is 48.8 Å². The summed E-state index contributed by atoms with van der Waals surface area (Å²) in [6, 6.07) is 11.7. The van der Waals surface area contributed by atoms with E-state index < -0.39 is 0 Å². The van der Waals surface area contributed by atoms with Crippen LogP contribution >= 0.6 is 0 Å². The van der Waals surface area contributed by atoms with Gasteiger partial charge in [0.05, 0.1) is 11.4 Å². The fourth-order valence-corrected chi connectivity index (χ4v) is 1.36. The number of hydrogen-bond acceptors (Lipinski definition) is 3. The maximum absolute atomic E-state index is 5.81. The number of anilines is 2. The molecule has 0 atom stereocenters. The van der Waals surface area contributed by atoms with Crippen molar-refractivity contribution in [2.24, 2.45) is 0 Å². The van der Waals surface area contributed by atoms with Crippen LogP contribution in [0.5, 0.6) is 0 Å². The normalized spacial score (nSPS) is 9.87. The maximum Gasteiger partial charge on any atom is 0.0576 e. The summed E-state index contributed by atoms with van der Waals surface area (Å²) in [5.41, 5.74) is 8.73. The Morgan fingerprint density at radius 2 is 1.80 bits per heavy atom. The van der Waals surface area contributed by atoms with Crippen molar-refractivity contribution in [3.63, 3.8) is 0 Å². The molecule has 3 N–H and O–H groups in total. The molecule has 0 unspecified atom stereocenters. The first-order valence-corrected chi connectivity index (χ1v) is 4.83. The third-order valence-corrected chi connectivity index (χ3v) is 2.19. The second-order valence-electron chi connectivity index (χ2n) is 3.30. The van der Waals surface area contributed by atoms with Crippen molar-refractivity contribution >= 4 is 11.4 Å². The number of benzene rings is 1. The molecule has 3 heteroatoms. The van der Waals surface area contributed by atoms with E-state index in [2.05, 4.69) is 10.3 Å². The Balaban J connectivity index is 2.03. The molecule has 76 valence electrons. The van der Waals surface area contributed by atoms with Crippen molar-refractivity contribution in [1.29, 1.82) is 0 Å². The summed E-state index contributed by atoms with van der Waals surface area (Å²) >= 11 is 0. The van der Waals surface area contributed by atoms with E-state index in [0.29, 0.717) is 0 Å². The van der Waals surface area contributed by atoms with Gasteiger partial charge in [0.15, 0.2) is 0 Å². The van der Waals surface area contributed by atoms with Gasteiger partial charge in [-0.2, -0.15) is 0 Å². The zero-order valence-electron chi connectivity index (χ0n) is 8.35. The average molecular weight is 199 g/mol. The van der Waals surface area contributed by atoms with Crippen LogP contribution < -0.4 is 11.1 Å². The minimum Gasteiger partial charge on any atom is -0.397 e. The maximum atomic E-state index is 5.81. The second kappa shape index (κ2) is 4.46. The number of nitrogens with two attached hydrogens (primary N) is 1. The lowest BCUT2D eigenvalue weighted by Crippen LogP contribution is -2.01. The molecule has 1 aromatic heterocycles. The van der Waals surface area contributed by atoms with E-state index in [1.807, 2.05) is 36.4 Å². The van der Waals surface area contributed by atoms with Gasteiger partial charge >= 0.3 is 0 Å². The van der Waals surface area contributed by atoms with Gasteiger partial charge in [0, 0.05) is 18.9 Å². The van der Waals surface area contributed by atoms with Gasteiger partial charge in [-0.25, -0.2) is 0 Å². The van der Waals surface area contributed by atoms with Gasteiger partial charge in [0.1, 0.15) is 0 Å². The summed E-state index contributed by atoms with van der Waals surface area (Å²) in [4.78, 5) is 3.97. The van der Waals surface area contributed by atoms with Gasteiger partial charge in [0.2, 0.25) is 0 Å². The average Bonchev–Trinajstić information content (AvgIpc) is 2.29. The van der Waals surface area contributed by atoms with Crippen LogP contribution in [0.25, 0.3) is 0 Å². The molecular weight excluding hydrogens is 186 g/mol. The predicted molar refractivity (Wildman–Crippen MR) is 62.4 cm³/mol. The Bertz CT molecular complexity index is 426.